The van der Waals surface area contributed by atoms with Gasteiger partial charge < -0.3 is 10.6 Å². The summed E-state index contributed by atoms with van der Waals surface area (Å²) in [5.74, 6) is 0.143. The Hall–Kier alpha value is -3.00. The van der Waals surface area contributed by atoms with Gasteiger partial charge in [0.1, 0.15) is 0 Å². The van der Waals surface area contributed by atoms with Crippen molar-refractivity contribution >= 4 is 82.3 Å². The van der Waals surface area contributed by atoms with Crippen molar-refractivity contribution in [3.05, 3.63) is 74.8 Å². The molecule has 0 aliphatic carbocycles. The quantitative estimate of drug-likeness (QED) is 0.0437. The summed E-state index contributed by atoms with van der Waals surface area (Å²) in [5, 5.41) is 6.72. The monoisotopic (exact) mass is 1780 g/mol. The van der Waals surface area contributed by atoms with E-state index in [-0.39, 0.29) is 11.8 Å². The summed E-state index contributed by atoms with van der Waals surface area (Å²) in [7, 11) is 0. The molecule has 0 unspecified atom stereocenters. The third-order valence-electron chi connectivity index (χ3n) is 27.4. The van der Waals surface area contributed by atoms with E-state index in [9.17, 15) is 9.59 Å². The summed E-state index contributed by atoms with van der Waals surface area (Å²) in [6.07, 6.45) is 133. The van der Waals surface area contributed by atoms with Gasteiger partial charge in [-0.05, 0) is 160 Å². The maximum atomic E-state index is 14.0. The predicted molar refractivity (Wildman–Crippen MR) is 572 cm³/mol. The smallest absolute Gasteiger partial charge is 0.244 e. The number of carbonyl (C=O) groups excluding carboxylic acids is 2. The highest BCUT2D eigenvalue weighted by molar-refractivity contribution is 7.15. The molecule has 3 heterocycles. The van der Waals surface area contributed by atoms with Crippen molar-refractivity contribution in [2.45, 2.75) is 608 Å². The second-order valence-electron chi connectivity index (χ2n) is 39.2. The van der Waals surface area contributed by atoms with Crippen LogP contribution in [-0.4, -0.2) is 24.9 Å². The van der Waals surface area contributed by atoms with Crippen LogP contribution in [0.2, 0.25) is 0 Å². The molecule has 2 amide bonds. The first-order chi connectivity index (χ1) is 61.8. The molecule has 125 heavy (non-hydrogen) atoms. The number of carbonyl (C=O) groups is 2. The van der Waals surface area contributed by atoms with Crippen molar-refractivity contribution in [1.29, 1.82) is 0 Å². The van der Waals surface area contributed by atoms with E-state index in [1.54, 1.807) is 33.4 Å². The van der Waals surface area contributed by atoms with E-state index < -0.39 is 0 Å². The lowest BCUT2D eigenvalue weighted by molar-refractivity contribution is -0.117. The molecule has 0 atom stereocenters. The summed E-state index contributed by atoms with van der Waals surface area (Å²) in [6, 6.07) is 0. The van der Waals surface area contributed by atoms with Crippen LogP contribution in [0.1, 0.15) is 632 Å². The number of hydrogen-bond acceptors (Lipinski definition) is 5. The summed E-state index contributed by atoms with van der Waals surface area (Å²) in [6.45, 7) is 20.2. The first-order valence-corrected chi connectivity index (χ1v) is 59.0. The van der Waals surface area contributed by atoms with Gasteiger partial charge in [-0.15, -0.1) is 34.0 Å². The maximum Gasteiger partial charge on any atom is 0.244 e. The van der Waals surface area contributed by atoms with Crippen molar-refractivity contribution in [2.75, 3.05) is 13.1 Å². The van der Waals surface area contributed by atoms with E-state index in [2.05, 4.69) is 114 Å². The molecule has 0 radical (unpaired) electrons. The van der Waals surface area contributed by atoms with Gasteiger partial charge in [0.15, 0.2) is 0 Å². The fraction of sp³-hybridized carbons (Fsp3) is 0.814. The van der Waals surface area contributed by atoms with Gasteiger partial charge in [-0.1, -0.05) is 518 Å². The van der Waals surface area contributed by atoms with E-state index in [0.717, 1.165) is 64.5 Å². The Bertz CT molecular complexity index is 2790. The minimum Gasteiger partial charge on any atom is -0.353 e. The maximum absolute atomic E-state index is 14.0. The number of rotatable bonds is 96. The lowest BCUT2D eigenvalue weighted by Gasteiger charge is -2.10. The Labute approximate surface area is 792 Å². The van der Waals surface area contributed by atoms with Crippen LogP contribution in [0.25, 0.3) is 36.5 Å². The molecule has 0 bridgehead atoms. The van der Waals surface area contributed by atoms with E-state index >= 15 is 0 Å². The van der Waals surface area contributed by atoms with Crippen molar-refractivity contribution in [3.63, 3.8) is 0 Å². The molecule has 7 heteroatoms. The highest BCUT2D eigenvalue weighted by atomic mass is 32.1. The van der Waals surface area contributed by atoms with Gasteiger partial charge >= 0.3 is 0 Å². The molecule has 0 aromatic carbocycles. The van der Waals surface area contributed by atoms with Crippen LogP contribution in [0.3, 0.4) is 0 Å². The molecule has 3 aromatic heterocycles. The average molecular weight is 1790 g/mol. The van der Waals surface area contributed by atoms with Crippen molar-refractivity contribution < 1.29 is 9.59 Å². The molecule has 0 spiro atoms. The molecule has 3 aromatic rings. The molecular weight excluding hydrogens is 1570 g/mol. The molecule has 3 rings (SSSR count). The Morgan fingerprint density at radius 2 is 0.288 bits per heavy atom. The Morgan fingerprint density at radius 3 is 0.432 bits per heavy atom. The van der Waals surface area contributed by atoms with Gasteiger partial charge in [0.25, 0.3) is 0 Å². The Morgan fingerprint density at radius 1 is 0.168 bits per heavy atom. The van der Waals surface area contributed by atoms with Gasteiger partial charge in [-0.3, -0.25) is 9.59 Å². The second kappa shape index (κ2) is 88.9. The van der Waals surface area contributed by atoms with Crippen LogP contribution in [0.4, 0.5) is 0 Å². The molecule has 0 saturated carbocycles. The predicted octanol–water partition coefficient (Wildman–Crippen LogP) is 41.1. The normalized spacial score (nSPS) is 12.0. The van der Waals surface area contributed by atoms with Gasteiger partial charge in [-0.25, -0.2) is 0 Å². The topological polar surface area (TPSA) is 58.2 Å². The van der Waals surface area contributed by atoms with E-state index in [1.807, 2.05) is 34.8 Å². The number of thiophene rings is 3. The minimum absolute atomic E-state index is 0.0714. The SMILES string of the molecule is CCCCCCCCCCCCNC(=O)/C=C/c1sc(/C=C/c2sc(/C=C/c3sc(/C=C/C(=O)NCCCCCCCCCCCC)c(CCCCCCCCCCCC)c3CCCCCCCCCCCC)c(CCCCCCCCCCCC)c2CCCCCCCCCCCC)c(CCCCCCCCCCCC)c1CCCCCCCCCCCC. The summed E-state index contributed by atoms with van der Waals surface area (Å²) in [5.41, 5.74) is 9.55. The largest absolute Gasteiger partial charge is 0.353 e. The van der Waals surface area contributed by atoms with E-state index in [0.29, 0.717) is 0 Å². The second-order valence-corrected chi connectivity index (χ2v) is 42.5. The summed E-state index contributed by atoms with van der Waals surface area (Å²) >= 11 is 6.11. The summed E-state index contributed by atoms with van der Waals surface area (Å²) < 4.78 is 0. The van der Waals surface area contributed by atoms with Crippen molar-refractivity contribution in [1.82, 2.24) is 10.6 Å². The molecule has 4 nitrogen and oxygen atoms in total. The Kier molecular flexibility index (Phi) is 82.6. The fourth-order valence-corrected chi connectivity index (χ4v) is 22.8. The number of unbranched alkanes of at least 4 members (excludes halogenated alkanes) is 72. The zero-order chi connectivity index (χ0) is 89.5. The number of amides is 2. The molecule has 0 aliphatic heterocycles. The Balaban J connectivity index is 2.35. The van der Waals surface area contributed by atoms with E-state index in [1.165, 1.54) is 530 Å². The highest BCUT2D eigenvalue weighted by Gasteiger charge is 2.22. The standard InChI is InChI=1S/C118H210N2O2S3/c1-9-17-25-33-41-49-57-65-73-81-89-105-106(90-82-74-66-58-50-42-34-26-18-10-2)112(96-98-114-108(92-84-76-68-60-52-44-36-28-20-12-4)110(94-86-78-70-62-54-46-38-30-22-14-6)116(125-114)100-102-118(122)120-104-88-80-72-64-56-48-40-32-24-16-8)123-111(105)95-97-113-107(91-83-75-67-59-51-43-35-27-19-11-3)109(93-85-77-69-61-53-45-37-29-21-13-5)115(124-113)99-101-117(121)119-103-87-79-71-63-55-47-39-31-23-15-7/h95-102H,9-94,103-104H2,1-8H3,(H,119,121)(H,120,122)/b97-95+,98-96+,101-99+,102-100+. The van der Waals surface area contributed by atoms with Crippen LogP contribution < -0.4 is 10.6 Å². The lowest BCUT2D eigenvalue weighted by atomic mass is 9.94. The van der Waals surface area contributed by atoms with Crippen LogP contribution in [0.15, 0.2) is 12.2 Å². The first kappa shape index (κ1) is 116. The molecule has 722 valence electrons. The van der Waals surface area contributed by atoms with Gasteiger partial charge in [0.2, 0.25) is 11.8 Å². The zero-order valence-electron chi connectivity index (χ0n) is 84.9. The number of hydrogen-bond donors (Lipinski definition) is 2. The highest BCUT2D eigenvalue weighted by Crippen LogP contribution is 2.41. The lowest BCUT2D eigenvalue weighted by Crippen LogP contribution is -2.21. The summed E-state index contributed by atoms with van der Waals surface area (Å²) in [4.78, 5) is 36.5. The van der Waals surface area contributed by atoms with Gasteiger partial charge in [0, 0.05) is 54.5 Å². The average Bonchev–Trinajstić information content (AvgIpc) is 1.65. The van der Waals surface area contributed by atoms with Crippen LogP contribution in [0, 0.1) is 0 Å². The zero-order valence-corrected chi connectivity index (χ0v) is 87.3. The van der Waals surface area contributed by atoms with Crippen LogP contribution in [0.5, 0.6) is 0 Å². The van der Waals surface area contributed by atoms with E-state index in [4.69, 9.17) is 0 Å². The van der Waals surface area contributed by atoms with Crippen LogP contribution in [-0.2, 0) is 48.1 Å². The number of nitrogens with one attached hydrogen (secondary N) is 2. The van der Waals surface area contributed by atoms with Crippen LogP contribution >= 0.6 is 34.0 Å². The third kappa shape index (κ3) is 64.5. The molecule has 0 aliphatic rings. The molecular formula is C118H210N2O2S3. The minimum atomic E-state index is 0.0714. The molecule has 2 N–H and O–H groups in total. The van der Waals surface area contributed by atoms with Crippen molar-refractivity contribution in [2.24, 2.45) is 0 Å². The molecule has 0 fully saturated rings. The third-order valence-corrected chi connectivity index (χ3v) is 31.0. The van der Waals surface area contributed by atoms with Crippen molar-refractivity contribution in [3.8, 4) is 0 Å². The fourth-order valence-electron chi connectivity index (χ4n) is 19.2. The molecule has 0 saturated heterocycles. The van der Waals surface area contributed by atoms with Gasteiger partial charge in [-0.2, -0.15) is 0 Å². The first-order valence-electron chi connectivity index (χ1n) is 56.5. The van der Waals surface area contributed by atoms with Gasteiger partial charge in [0.05, 0.1) is 0 Å².